The number of aryl methyl sites for hydroxylation is 1. The summed E-state index contributed by atoms with van der Waals surface area (Å²) in [6.07, 6.45) is 1.41. The van der Waals surface area contributed by atoms with Gasteiger partial charge in [-0.25, -0.2) is 4.79 Å². The van der Waals surface area contributed by atoms with Crippen molar-refractivity contribution >= 4 is 11.9 Å². The zero-order valence-corrected chi connectivity index (χ0v) is 15.2. The third-order valence-corrected chi connectivity index (χ3v) is 4.24. The molecule has 0 bridgehead atoms. The quantitative estimate of drug-likeness (QED) is 0.643. The smallest absolute Gasteiger partial charge is 0.329 e. The Balaban J connectivity index is 1.98. The molecule has 0 aromatic heterocycles. The molecule has 26 heavy (non-hydrogen) atoms. The molecule has 3 N–H and O–H groups in total. The first kappa shape index (κ1) is 20.4. The van der Waals surface area contributed by atoms with Gasteiger partial charge in [0.1, 0.15) is 6.61 Å². The van der Waals surface area contributed by atoms with E-state index in [1.807, 2.05) is 12.1 Å². The Labute approximate surface area is 153 Å². The number of ether oxygens (including phenoxy) is 2. The minimum atomic E-state index is -1.04. The van der Waals surface area contributed by atoms with E-state index in [1.54, 1.807) is 26.0 Å². The summed E-state index contributed by atoms with van der Waals surface area (Å²) in [6, 6.07) is 6.86. The van der Waals surface area contributed by atoms with Crippen LogP contribution >= 0.6 is 0 Å². The maximum atomic E-state index is 12.6. The van der Waals surface area contributed by atoms with Crippen LogP contribution in [0.25, 0.3) is 0 Å². The average molecular weight is 365 g/mol. The third kappa shape index (κ3) is 6.74. The molecule has 1 fully saturated rings. The van der Waals surface area contributed by atoms with Crippen molar-refractivity contribution in [2.75, 3.05) is 19.8 Å². The van der Waals surface area contributed by atoms with Crippen LogP contribution in [0.1, 0.15) is 42.6 Å². The molecule has 1 aliphatic heterocycles. The highest BCUT2D eigenvalue weighted by molar-refractivity contribution is 5.94. The predicted octanol–water partition coefficient (Wildman–Crippen LogP) is 1.38. The molecule has 2 atom stereocenters. The van der Waals surface area contributed by atoms with Gasteiger partial charge < -0.3 is 25.0 Å². The van der Waals surface area contributed by atoms with Gasteiger partial charge in [0.2, 0.25) is 0 Å². The Morgan fingerprint density at radius 3 is 2.85 bits per heavy atom. The molecular weight excluding hydrogens is 338 g/mol. The monoisotopic (exact) mass is 365 g/mol. The molecule has 2 rings (SSSR count). The molecule has 1 saturated heterocycles. The van der Waals surface area contributed by atoms with Crippen molar-refractivity contribution in [1.82, 2.24) is 5.32 Å². The number of aliphatic carboxylic acids is 1. The van der Waals surface area contributed by atoms with Crippen LogP contribution in [0, 0.1) is 0 Å². The molecule has 0 saturated carbocycles. The molecule has 0 unspecified atom stereocenters. The molecule has 0 spiro atoms. The number of carbonyl (C=O) groups is 2. The Bertz CT molecular complexity index is 625. The number of aliphatic hydroxyl groups is 1. The van der Waals surface area contributed by atoms with Gasteiger partial charge in [-0.2, -0.15) is 0 Å². The van der Waals surface area contributed by atoms with E-state index >= 15 is 0 Å². The van der Waals surface area contributed by atoms with Crippen LogP contribution in [0.15, 0.2) is 24.3 Å². The molecule has 7 nitrogen and oxygen atoms in total. The van der Waals surface area contributed by atoms with Crippen LogP contribution in [-0.4, -0.2) is 59.7 Å². The number of amides is 1. The summed E-state index contributed by atoms with van der Waals surface area (Å²) >= 11 is 0. The Morgan fingerprint density at radius 2 is 2.15 bits per heavy atom. The van der Waals surface area contributed by atoms with Gasteiger partial charge in [-0.05, 0) is 50.8 Å². The van der Waals surface area contributed by atoms with E-state index in [4.69, 9.17) is 14.6 Å². The maximum absolute atomic E-state index is 12.6. The molecule has 0 aliphatic carbocycles. The van der Waals surface area contributed by atoms with E-state index < -0.39 is 24.2 Å². The molecule has 1 heterocycles. The van der Waals surface area contributed by atoms with Crippen molar-refractivity contribution < 1.29 is 29.3 Å². The van der Waals surface area contributed by atoms with Gasteiger partial charge in [0.05, 0.1) is 24.4 Å². The lowest BCUT2D eigenvalue weighted by Gasteiger charge is -2.31. The predicted molar refractivity (Wildman–Crippen MR) is 95.1 cm³/mol. The summed E-state index contributed by atoms with van der Waals surface area (Å²) in [6.45, 7) is 3.87. The molecule has 7 heteroatoms. The van der Waals surface area contributed by atoms with Gasteiger partial charge >= 0.3 is 5.97 Å². The van der Waals surface area contributed by atoms with Crippen molar-refractivity contribution in [2.45, 2.75) is 50.9 Å². The second-order valence-electron chi connectivity index (χ2n) is 7.20. The van der Waals surface area contributed by atoms with Crippen LogP contribution in [0.5, 0.6) is 0 Å². The second kappa shape index (κ2) is 9.12. The number of carboxylic acid groups (broad SMARTS) is 1. The van der Waals surface area contributed by atoms with Crippen LogP contribution in [0.3, 0.4) is 0 Å². The van der Waals surface area contributed by atoms with E-state index in [1.165, 1.54) is 0 Å². The first-order valence-electron chi connectivity index (χ1n) is 8.78. The third-order valence-electron chi connectivity index (χ3n) is 4.24. The Hall–Kier alpha value is -1.96. The van der Waals surface area contributed by atoms with E-state index in [9.17, 15) is 14.7 Å². The lowest BCUT2D eigenvalue weighted by atomic mass is 9.97. The Morgan fingerprint density at radius 1 is 1.38 bits per heavy atom. The summed E-state index contributed by atoms with van der Waals surface area (Å²) in [5, 5.41) is 21.5. The van der Waals surface area contributed by atoms with E-state index in [0.29, 0.717) is 31.4 Å². The van der Waals surface area contributed by atoms with Crippen molar-refractivity contribution in [3.63, 3.8) is 0 Å². The van der Waals surface area contributed by atoms with E-state index in [-0.39, 0.29) is 18.6 Å². The number of hydrogen-bond donors (Lipinski definition) is 3. The number of carbonyl (C=O) groups excluding carboxylic acids is 1. The van der Waals surface area contributed by atoms with Crippen LogP contribution < -0.4 is 5.32 Å². The first-order chi connectivity index (χ1) is 12.2. The van der Waals surface area contributed by atoms with Gasteiger partial charge in [0, 0.05) is 12.2 Å². The molecule has 1 aromatic rings. The fraction of sp³-hybridized carbons (Fsp3) is 0.579. The normalized spacial score (nSPS) is 20.6. The van der Waals surface area contributed by atoms with Crippen molar-refractivity contribution in [3.05, 3.63) is 35.4 Å². The highest BCUT2D eigenvalue weighted by Gasteiger charge is 2.29. The SMILES string of the molecule is CC(C)(O)CCc1cccc(C(=O)N[C@@H]2COCC[C@@H]2OCC(=O)O)c1. The summed E-state index contributed by atoms with van der Waals surface area (Å²) in [4.78, 5) is 23.3. The molecule has 1 amide bonds. The van der Waals surface area contributed by atoms with Gasteiger partial charge in [-0.1, -0.05) is 12.1 Å². The number of hydrogen-bond acceptors (Lipinski definition) is 5. The van der Waals surface area contributed by atoms with E-state index in [0.717, 1.165) is 5.56 Å². The molecular formula is C19H27NO6. The van der Waals surface area contributed by atoms with Crippen molar-refractivity contribution in [3.8, 4) is 0 Å². The topological polar surface area (TPSA) is 105 Å². The fourth-order valence-corrected chi connectivity index (χ4v) is 2.80. The minimum absolute atomic E-state index is 0.255. The lowest BCUT2D eigenvalue weighted by Crippen LogP contribution is -2.51. The fourth-order valence-electron chi connectivity index (χ4n) is 2.80. The molecule has 0 radical (unpaired) electrons. The average Bonchev–Trinajstić information content (AvgIpc) is 2.59. The van der Waals surface area contributed by atoms with Crippen LogP contribution in [0.4, 0.5) is 0 Å². The number of rotatable bonds is 8. The zero-order valence-electron chi connectivity index (χ0n) is 15.2. The summed E-state index contributed by atoms with van der Waals surface area (Å²) in [5.41, 5.74) is 0.728. The highest BCUT2D eigenvalue weighted by atomic mass is 16.5. The second-order valence-corrected chi connectivity index (χ2v) is 7.20. The number of nitrogens with one attached hydrogen (secondary N) is 1. The largest absolute Gasteiger partial charge is 0.480 e. The maximum Gasteiger partial charge on any atom is 0.329 e. The molecule has 1 aliphatic rings. The zero-order chi connectivity index (χ0) is 19.2. The van der Waals surface area contributed by atoms with Gasteiger partial charge in [0.25, 0.3) is 5.91 Å². The van der Waals surface area contributed by atoms with Gasteiger partial charge in [-0.15, -0.1) is 0 Å². The standard InChI is InChI=1S/C19H27NO6/c1-19(2,24)8-6-13-4-3-5-14(10-13)18(23)20-15-11-25-9-7-16(15)26-12-17(21)22/h3-5,10,15-16,24H,6-9,11-12H2,1-2H3,(H,20,23)(H,21,22)/t15-,16+/m1/s1. The first-order valence-corrected chi connectivity index (χ1v) is 8.78. The summed E-state index contributed by atoms with van der Waals surface area (Å²) in [5.74, 6) is -1.30. The minimum Gasteiger partial charge on any atom is -0.480 e. The van der Waals surface area contributed by atoms with Crippen molar-refractivity contribution in [2.24, 2.45) is 0 Å². The Kier molecular flexibility index (Phi) is 7.14. The lowest BCUT2D eigenvalue weighted by molar-refractivity contribution is -0.147. The number of benzene rings is 1. The van der Waals surface area contributed by atoms with E-state index in [2.05, 4.69) is 5.32 Å². The van der Waals surface area contributed by atoms with Crippen LogP contribution in [0.2, 0.25) is 0 Å². The number of carboxylic acids is 1. The highest BCUT2D eigenvalue weighted by Crippen LogP contribution is 2.16. The summed E-state index contributed by atoms with van der Waals surface area (Å²) < 4.78 is 10.8. The molecule has 144 valence electrons. The van der Waals surface area contributed by atoms with Crippen LogP contribution in [-0.2, 0) is 20.7 Å². The van der Waals surface area contributed by atoms with Crippen molar-refractivity contribution in [1.29, 1.82) is 0 Å². The molecule has 1 aromatic carbocycles. The van der Waals surface area contributed by atoms with Gasteiger partial charge in [0.15, 0.2) is 0 Å². The van der Waals surface area contributed by atoms with Gasteiger partial charge in [-0.3, -0.25) is 4.79 Å². The summed E-state index contributed by atoms with van der Waals surface area (Å²) in [7, 11) is 0.